The number of benzene rings is 2. The topological polar surface area (TPSA) is 29.1 Å². The van der Waals surface area contributed by atoms with Crippen LogP contribution in [-0.4, -0.2) is 11.2 Å². The molecule has 0 aromatic heterocycles. The van der Waals surface area contributed by atoms with Crippen LogP contribution in [0.15, 0.2) is 41.3 Å². The molecular formula is C19H23NOS. The van der Waals surface area contributed by atoms with E-state index in [1.807, 2.05) is 20.8 Å². The van der Waals surface area contributed by atoms with E-state index < -0.39 is 0 Å². The van der Waals surface area contributed by atoms with Crippen molar-refractivity contribution in [2.45, 2.75) is 44.8 Å². The van der Waals surface area contributed by atoms with Gasteiger partial charge in [-0.3, -0.25) is 4.79 Å². The summed E-state index contributed by atoms with van der Waals surface area (Å²) in [6.07, 6.45) is 0. The van der Waals surface area contributed by atoms with Crippen molar-refractivity contribution in [2.24, 2.45) is 0 Å². The molecule has 0 saturated heterocycles. The second kappa shape index (κ2) is 7.01. The summed E-state index contributed by atoms with van der Waals surface area (Å²) >= 11 is 1.58. The third-order valence-corrected chi connectivity index (χ3v) is 4.74. The van der Waals surface area contributed by atoms with Crippen LogP contribution < -0.4 is 5.32 Å². The maximum atomic E-state index is 12.4. The van der Waals surface area contributed by atoms with E-state index in [1.165, 1.54) is 11.1 Å². The number of anilines is 1. The second-order valence-electron chi connectivity index (χ2n) is 5.84. The fourth-order valence-electron chi connectivity index (χ4n) is 2.48. The quantitative estimate of drug-likeness (QED) is 0.801. The number of rotatable bonds is 4. The first-order chi connectivity index (χ1) is 10.4. The molecule has 3 heteroatoms. The van der Waals surface area contributed by atoms with Gasteiger partial charge in [-0.25, -0.2) is 0 Å². The molecule has 0 aliphatic carbocycles. The smallest absolute Gasteiger partial charge is 0.237 e. The molecule has 0 bridgehead atoms. The summed E-state index contributed by atoms with van der Waals surface area (Å²) in [5, 5.41) is 2.94. The van der Waals surface area contributed by atoms with Gasteiger partial charge in [-0.1, -0.05) is 35.4 Å². The minimum absolute atomic E-state index is 0.0422. The van der Waals surface area contributed by atoms with E-state index in [-0.39, 0.29) is 11.2 Å². The van der Waals surface area contributed by atoms with Crippen LogP contribution in [0.25, 0.3) is 0 Å². The fourth-order valence-corrected chi connectivity index (χ4v) is 3.34. The molecule has 0 heterocycles. The largest absolute Gasteiger partial charge is 0.325 e. The number of thioether (sulfide) groups is 1. The van der Waals surface area contributed by atoms with Crippen molar-refractivity contribution in [1.29, 1.82) is 0 Å². The van der Waals surface area contributed by atoms with Gasteiger partial charge in [-0.2, -0.15) is 0 Å². The van der Waals surface area contributed by atoms with E-state index in [1.54, 1.807) is 11.8 Å². The van der Waals surface area contributed by atoms with Crippen LogP contribution >= 0.6 is 11.8 Å². The fraction of sp³-hybridized carbons (Fsp3) is 0.316. The zero-order chi connectivity index (χ0) is 16.3. The van der Waals surface area contributed by atoms with Crippen LogP contribution in [0, 0.1) is 27.7 Å². The molecule has 0 saturated carbocycles. The lowest BCUT2D eigenvalue weighted by Crippen LogP contribution is -2.23. The van der Waals surface area contributed by atoms with Crippen molar-refractivity contribution in [1.82, 2.24) is 0 Å². The van der Waals surface area contributed by atoms with Crippen LogP contribution in [0.2, 0.25) is 0 Å². The van der Waals surface area contributed by atoms with Crippen molar-refractivity contribution < 1.29 is 4.79 Å². The van der Waals surface area contributed by atoms with Gasteiger partial charge in [0.15, 0.2) is 0 Å². The van der Waals surface area contributed by atoms with Gasteiger partial charge in [0.1, 0.15) is 0 Å². The summed E-state index contributed by atoms with van der Waals surface area (Å²) in [6, 6.07) is 12.5. The molecule has 2 rings (SSSR count). The summed E-state index contributed by atoms with van der Waals surface area (Å²) in [4.78, 5) is 13.6. The molecule has 0 fully saturated rings. The molecule has 1 atom stereocenters. The third-order valence-electron chi connectivity index (χ3n) is 3.63. The number of carbonyl (C=O) groups is 1. The number of nitrogens with one attached hydrogen (secondary N) is 1. The predicted molar refractivity (Wildman–Crippen MR) is 95.8 cm³/mol. The highest BCUT2D eigenvalue weighted by Crippen LogP contribution is 2.26. The first-order valence-corrected chi connectivity index (χ1v) is 8.37. The van der Waals surface area contributed by atoms with Crippen molar-refractivity contribution in [3.05, 3.63) is 58.7 Å². The standard InChI is InChI=1S/C19H23NOS/c1-12-6-8-17(9-7-12)22-16(5)19(21)20-18-14(3)10-13(2)11-15(18)4/h6-11,16H,1-5H3,(H,20,21)/t16-/m1/s1. The second-order valence-corrected chi connectivity index (χ2v) is 7.25. The van der Waals surface area contributed by atoms with Crippen LogP contribution in [-0.2, 0) is 4.79 Å². The van der Waals surface area contributed by atoms with Crippen molar-refractivity contribution in [2.75, 3.05) is 5.32 Å². The van der Waals surface area contributed by atoms with Crippen molar-refractivity contribution in [3.63, 3.8) is 0 Å². The number of aryl methyl sites for hydroxylation is 4. The summed E-state index contributed by atoms with van der Waals surface area (Å²) in [6.45, 7) is 10.1. The SMILES string of the molecule is Cc1ccc(S[C@H](C)C(=O)Nc2c(C)cc(C)cc2C)cc1. The lowest BCUT2D eigenvalue weighted by Gasteiger charge is -2.16. The van der Waals surface area contributed by atoms with E-state index in [0.717, 1.165) is 21.7 Å². The lowest BCUT2D eigenvalue weighted by molar-refractivity contribution is -0.115. The molecule has 1 N–H and O–H groups in total. The maximum absolute atomic E-state index is 12.4. The van der Waals surface area contributed by atoms with E-state index >= 15 is 0 Å². The number of carbonyl (C=O) groups excluding carboxylic acids is 1. The Morgan fingerprint density at radius 1 is 0.955 bits per heavy atom. The molecule has 0 radical (unpaired) electrons. The molecule has 116 valence electrons. The summed E-state index contributed by atoms with van der Waals surface area (Å²) in [5.74, 6) is 0.0422. The minimum atomic E-state index is -0.136. The molecule has 2 aromatic rings. The van der Waals surface area contributed by atoms with Gasteiger partial charge in [0.05, 0.1) is 5.25 Å². The zero-order valence-corrected chi connectivity index (χ0v) is 14.7. The van der Waals surface area contributed by atoms with Gasteiger partial charge in [0.25, 0.3) is 0 Å². The highest BCUT2D eigenvalue weighted by molar-refractivity contribution is 8.00. The number of amides is 1. The van der Waals surface area contributed by atoms with Gasteiger partial charge >= 0.3 is 0 Å². The molecular weight excluding hydrogens is 290 g/mol. The third kappa shape index (κ3) is 4.14. The maximum Gasteiger partial charge on any atom is 0.237 e. The van der Waals surface area contributed by atoms with E-state index in [0.29, 0.717) is 0 Å². The normalized spacial score (nSPS) is 12.0. The van der Waals surface area contributed by atoms with Gasteiger partial charge in [-0.05, 0) is 57.9 Å². The number of hydrogen-bond acceptors (Lipinski definition) is 2. The monoisotopic (exact) mass is 313 g/mol. The Kier molecular flexibility index (Phi) is 5.30. The average Bonchev–Trinajstić information content (AvgIpc) is 2.45. The Bertz CT molecular complexity index is 653. The lowest BCUT2D eigenvalue weighted by atomic mass is 10.1. The highest BCUT2D eigenvalue weighted by Gasteiger charge is 2.16. The number of hydrogen-bond donors (Lipinski definition) is 1. The van der Waals surface area contributed by atoms with E-state index in [4.69, 9.17) is 0 Å². The molecule has 0 spiro atoms. The van der Waals surface area contributed by atoms with Crippen LogP contribution in [0.4, 0.5) is 5.69 Å². The molecule has 2 aromatic carbocycles. The molecule has 0 aliphatic rings. The predicted octanol–water partition coefficient (Wildman–Crippen LogP) is 5.04. The van der Waals surface area contributed by atoms with E-state index in [9.17, 15) is 4.79 Å². The van der Waals surface area contributed by atoms with Crippen LogP contribution in [0.3, 0.4) is 0 Å². The molecule has 1 amide bonds. The Hall–Kier alpha value is -1.74. The Balaban J connectivity index is 2.07. The van der Waals surface area contributed by atoms with Crippen molar-refractivity contribution in [3.8, 4) is 0 Å². The highest BCUT2D eigenvalue weighted by atomic mass is 32.2. The van der Waals surface area contributed by atoms with Gasteiger partial charge in [0.2, 0.25) is 5.91 Å². The van der Waals surface area contributed by atoms with Gasteiger partial charge in [0, 0.05) is 10.6 Å². The molecule has 22 heavy (non-hydrogen) atoms. The van der Waals surface area contributed by atoms with Crippen LogP contribution in [0.5, 0.6) is 0 Å². The minimum Gasteiger partial charge on any atom is -0.325 e. The first kappa shape index (κ1) is 16.6. The van der Waals surface area contributed by atoms with Crippen LogP contribution in [0.1, 0.15) is 29.2 Å². The molecule has 2 nitrogen and oxygen atoms in total. The zero-order valence-electron chi connectivity index (χ0n) is 13.9. The molecule has 0 unspecified atom stereocenters. The van der Waals surface area contributed by atoms with Crippen molar-refractivity contribution >= 4 is 23.4 Å². The Labute approximate surface area is 137 Å². The first-order valence-electron chi connectivity index (χ1n) is 7.49. The summed E-state index contributed by atoms with van der Waals surface area (Å²) in [7, 11) is 0. The molecule has 0 aliphatic heterocycles. The Morgan fingerprint density at radius 3 is 2.05 bits per heavy atom. The van der Waals surface area contributed by atoms with E-state index in [2.05, 4.69) is 55.6 Å². The summed E-state index contributed by atoms with van der Waals surface area (Å²) in [5.41, 5.74) is 5.60. The van der Waals surface area contributed by atoms with Gasteiger partial charge < -0.3 is 5.32 Å². The average molecular weight is 313 g/mol. The summed E-state index contributed by atoms with van der Waals surface area (Å²) < 4.78 is 0. The Morgan fingerprint density at radius 2 is 1.50 bits per heavy atom. The van der Waals surface area contributed by atoms with Gasteiger partial charge in [-0.15, -0.1) is 11.8 Å².